The van der Waals surface area contributed by atoms with Crippen molar-refractivity contribution in [3.8, 4) is 0 Å². The van der Waals surface area contributed by atoms with Gasteiger partial charge < -0.3 is 5.32 Å². The van der Waals surface area contributed by atoms with E-state index in [4.69, 9.17) is 0 Å². The van der Waals surface area contributed by atoms with Crippen molar-refractivity contribution in [2.24, 2.45) is 0 Å². The monoisotopic (exact) mass is 336 g/mol. The Morgan fingerprint density at radius 3 is 2.82 bits per heavy atom. The lowest BCUT2D eigenvalue weighted by Crippen LogP contribution is -2.15. The van der Waals surface area contributed by atoms with Gasteiger partial charge in [-0.3, -0.25) is 9.59 Å². The molecule has 0 radical (unpaired) electrons. The van der Waals surface area contributed by atoms with Crippen LogP contribution >= 0.6 is 39.2 Å². The van der Waals surface area contributed by atoms with Crippen molar-refractivity contribution in [3.63, 3.8) is 0 Å². The van der Waals surface area contributed by atoms with Gasteiger partial charge in [0.05, 0.1) is 11.3 Å². The van der Waals surface area contributed by atoms with E-state index in [1.54, 1.807) is 11.8 Å². The number of anilines is 1. The zero-order valence-corrected chi connectivity index (χ0v) is 12.8. The van der Waals surface area contributed by atoms with Gasteiger partial charge in [0.1, 0.15) is 9.60 Å². The first kappa shape index (κ1) is 14.7. The standard InChI is InChI=1S/C10H13BrN2O2S2/c1-3-4-16-5-7(15)12-10-8(6(2)14)9(11)13-17-10/h3-5H2,1-2H3,(H,12,15). The minimum atomic E-state index is -0.109. The van der Waals surface area contributed by atoms with Crippen LogP contribution in [0.4, 0.5) is 5.00 Å². The molecule has 1 heterocycles. The van der Waals surface area contributed by atoms with Crippen LogP contribution in [0, 0.1) is 0 Å². The fourth-order valence-electron chi connectivity index (χ4n) is 1.13. The summed E-state index contributed by atoms with van der Waals surface area (Å²) in [5, 5.41) is 3.24. The molecule has 0 aliphatic carbocycles. The van der Waals surface area contributed by atoms with Crippen molar-refractivity contribution in [2.75, 3.05) is 16.8 Å². The number of thioether (sulfide) groups is 1. The molecule has 0 aliphatic rings. The summed E-state index contributed by atoms with van der Waals surface area (Å²) in [6, 6.07) is 0. The van der Waals surface area contributed by atoms with E-state index < -0.39 is 0 Å². The van der Waals surface area contributed by atoms with Gasteiger partial charge in [-0.2, -0.15) is 16.1 Å². The molecule has 0 aromatic carbocycles. The summed E-state index contributed by atoms with van der Waals surface area (Å²) in [5.74, 6) is 1.16. The highest BCUT2D eigenvalue weighted by Gasteiger charge is 2.17. The van der Waals surface area contributed by atoms with E-state index in [1.165, 1.54) is 6.92 Å². The van der Waals surface area contributed by atoms with Crippen LogP contribution in [-0.4, -0.2) is 27.6 Å². The first-order valence-electron chi connectivity index (χ1n) is 5.10. The maximum atomic E-state index is 11.6. The van der Waals surface area contributed by atoms with E-state index in [0.717, 1.165) is 23.7 Å². The second-order valence-electron chi connectivity index (χ2n) is 3.33. The molecule has 17 heavy (non-hydrogen) atoms. The van der Waals surface area contributed by atoms with Gasteiger partial charge in [0.2, 0.25) is 5.91 Å². The Labute approximate surface area is 117 Å². The van der Waals surface area contributed by atoms with Crippen LogP contribution in [0.25, 0.3) is 0 Å². The van der Waals surface area contributed by atoms with E-state index in [-0.39, 0.29) is 11.7 Å². The van der Waals surface area contributed by atoms with Crippen LogP contribution in [-0.2, 0) is 4.79 Å². The second-order valence-corrected chi connectivity index (χ2v) is 5.96. The zero-order valence-electron chi connectivity index (χ0n) is 9.58. The molecule has 1 aromatic heterocycles. The molecule has 0 spiro atoms. The lowest BCUT2D eigenvalue weighted by molar-refractivity contribution is -0.113. The number of ketones is 1. The van der Waals surface area contributed by atoms with E-state index >= 15 is 0 Å². The minimum Gasteiger partial charge on any atom is -0.315 e. The molecule has 1 aromatic rings. The van der Waals surface area contributed by atoms with Gasteiger partial charge in [0.15, 0.2) is 5.78 Å². The average Bonchev–Trinajstić information content (AvgIpc) is 2.60. The molecule has 1 N–H and O–H groups in total. The number of nitrogens with one attached hydrogen (secondary N) is 1. The Kier molecular flexibility index (Phi) is 6.15. The molecule has 0 fully saturated rings. The summed E-state index contributed by atoms with van der Waals surface area (Å²) in [4.78, 5) is 23.0. The van der Waals surface area contributed by atoms with Crippen LogP contribution < -0.4 is 5.32 Å². The van der Waals surface area contributed by atoms with Crippen molar-refractivity contribution in [1.82, 2.24) is 4.37 Å². The third-order valence-corrected chi connectivity index (χ3v) is 4.57. The number of nitrogens with zero attached hydrogens (tertiary/aromatic N) is 1. The predicted octanol–water partition coefficient (Wildman–Crippen LogP) is 3.19. The fraction of sp³-hybridized carbons (Fsp3) is 0.500. The summed E-state index contributed by atoms with van der Waals surface area (Å²) in [6.07, 6.45) is 1.04. The van der Waals surface area contributed by atoms with Gasteiger partial charge in [-0.1, -0.05) is 6.92 Å². The van der Waals surface area contributed by atoms with Crippen LogP contribution in [0.15, 0.2) is 4.60 Å². The van der Waals surface area contributed by atoms with Gasteiger partial charge >= 0.3 is 0 Å². The molecule has 94 valence electrons. The van der Waals surface area contributed by atoms with E-state index in [9.17, 15) is 9.59 Å². The maximum absolute atomic E-state index is 11.6. The Morgan fingerprint density at radius 1 is 1.53 bits per heavy atom. The van der Waals surface area contributed by atoms with E-state index in [0.29, 0.717) is 20.9 Å². The number of hydrogen-bond donors (Lipinski definition) is 1. The molecular formula is C10H13BrN2O2S2. The van der Waals surface area contributed by atoms with Crippen LogP contribution in [0.2, 0.25) is 0 Å². The molecule has 4 nitrogen and oxygen atoms in total. The van der Waals surface area contributed by atoms with Crippen LogP contribution in [0.1, 0.15) is 30.6 Å². The third kappa shape index (κ3) is 4.40. The van der Waals surface area contributed by atoms with E-state index in [1.807, 2.05) is 0 Å². The summed E-state index contributed by atoms with van der Waals surface area (Å²) < 4.78 is 4.50. The molecule has 7 heteroatoms. The number of rotatable bonds is 6. The van der Waals surface area contributed by atoms with Crippen LogP contribution in [0.5, 0.6) is 0 Å². The highest BCUT2D eigenvalue weighted by atomic mass is 79.9. The fourth-order valence-corrected chi connectivity index (χ4v) is 3.40. The molecule has 0 atom stereocenters. The smallest absolute Gasteiger partial charge is 0.235 e. The first-order valence-corrected chi connectivity index (χ1v) is 7.82. The van der Waals surface area contributed by atoms with Gasteiger partial charge in [0.25, 0.3) is 0 Å². The molecule has 1 amide bonds. The highest BCUT2D eigenvalue weighted by Crippen LogP contribution is 2.29. The van der Waals surface area contributed by atoms with Gasteiger partial charge in [-0.05, 0) is 46.6 Å². The third-order valence-electron chi connectivity index (χ3n) is 1.84. The number of carbonyl (C=O) groups excluding carboxylic acids is 2. The first-order chi connectivity index (χ1) is 8.06. The SMILES string of the molecule is CCCSCC(=O)Nc1snc(Br)c1C(C)=O. The largest absolute Gasteiger partial charge is 0.315 e. The van der Waals surface area contributed by atoms with Crippen molar-refractivity contribution in [2.45, 2.75) is 20.3 Å². The quantitative estimate of drug-likeness (QED) is 0.640. The molecule has 0 bridgehead atoms. The predicted molar refractivity (Wildman–Crippen MR) is 76.1 cm³/mol. The molecule has 1 rings (SSSR count). The minimum absolute atomic E-state index is 0.0953. The number of halogens is 1. The van der Waals surface area contributed by atoms with Gasteiger partial charge in [0, 0.05) is 0 Å². The average molecular weight is 337 g/mol. The van der Waals surface area contributed by atoms with Crippen molar-refractivity contribution < 1.29 is 9.59 Å². The second kappa shape index (κ2) is 7.13. The molecule has 0 aliphatic heterocycles. The van der Waals surface area contributed by atoms with Crippen LogP contribution in [0.3, 0.4) is 0 Å². The normalized spacial score (nSPS) is 10.3. The van der Waals surface area contributed by atoms with Crippen molar-refractivity contribution >= 4 is 55.9 Å². The maximum Gasteiger partial charge on any atom is 0.235 e. The number of Topliss-reactive ketones (excluding diaryl/α,β-unsaturated/α-hetero) is 1. The Balaban J connectivity index is 2.62. The number of aromatic nitrogens is 1. The molecular weight excluding hydrogens is 324 g/mol. The number of amides is 1. The van der Waals surface area contributed by atoms with Gasteiger partial charge in [-0.25, -0.2) is 0 Å². The Morgan fingerprint density at radius 2 is 2.24 bits per heavy atom. The molecule has 0 saturated carbocycles. The summed E-state index contributed by atoms with van der Waals surface area (Å²) >= 11 is 5.88. The summed E-state index contributed by atoms with van der Waals surface area (Å²) in [6.45, 7) is 3.52. The lowest BCUT2D eigenvalue weighted by Gasteiger charge is -2.03. The summed E-state index contributed by atoms with van der Waals surface area (Å²) in [7, 11) is 0. The topological polar surface area (TPSA) is 59.1 Å². The van der Waals surface area contributed by atoms with Crippen molar-refractivity contribution in [1.29, 1.82) is 0 Å². The number of carbonyl (C=O) groups is 2. The number of hydrogen-bond acceptors (Lipinski definition) is 5. The van der Waals surface area contributed by atoms with E-state index in [2.05, 4.69) is 32.5 Å². The van der Waals surface area contributed by atoms with Gasteiger partial charge in [-0.15, -0.1) is 0 Å². The Bertz CT molecular complexity index is 420. The highest BCUT2D eigenvalue weighted by molar-refractivity contribution is 9.10. The van der Waals surface area contributed by atoms with Crippen molar-refractivity contribution in [3.05, 3.63) is 10.2 Å². The lowest BCUT2D eigenvalue weighted by atomic mass is 10.2. The summed E-state index contributed by atoms with van der Waals surface area (Å²) in [5.41, 5.74) is 0.448. The molecule has 0 saturated heterocycles. The molecule has 0 unspecified atom stereocenters. The Hall–Kier alpha value is -0.400. The zero-order chi connectivity index (χ0) is 12.8.